The smallest absolute Gasteiger partial charge is 0.305 e. The third-order valence-corrected chi connectivity index (χ3v) is 5.88. The summed E-state index contributed by atoms with van der Waals surface area (Å²) in [5.74, 6) is -3.78. The maximum Gasteiger partial charge on any atom is 0.305 e. The fourth-order valence-electron chi connectivity index (χ4n) is 3.89. The molecule has 5 rings (SSSR count). The van der Waals surface area contributed by atoms with E-state index in [1.54, 1.807) is 12.1 Å². The second-order valence-electron chi connectivity index (χ2n) is 7.56. The van der Waals surface area contributed by atoms with E-state index in [1.165, 1.54) is 0 Å². The van der Waals surface area contributed by atoms with Crippen LogP contribution < -0.4 is 4.74 Å². The predicted molar refractivity (Wildman–Crippen MR) is 98.3 cm³/mol. The first-order chi connectivity index (χ1) is 13.9. The van der Waals surface area contributed by atoms with Gasteiger partial charge in [-0.15, -0.1) is 0 Å². The first-order valence-electron chi connectivity index (χ1n) is 9.42. The summed E-state index contributed by atoms with van der Waals surface area (Å²) in [5.41, 5.74) is 1.78. The van der Waals surface area contributed by atoms with Gasteiger partial charge in [0.05, 0.1) is 13.2 Å². The molecule has 3 aliphatic rings. The maximum absolute atomic E-state index is 14.1. The molecular weight excluding hydrogens is 388 g/mol. The maximum atomic E-state index is 14.1. The number of fused-ring (bicyclic) bond motifs is 3. The lowest BCUT2D eigenvalue weighted by atomic mass is 9.75. The molecule has 0 amide bonds. The molecule has 0 spiro atoms. The van der Waals surface area contributed by atoms with Crippen LogP contribution in [0.15, 0.2) is 48.7 Å². The monoisotopic (exact) mass is 408 g/mol. The number of hydrogen-bond acceptors (Lipinski definition) is 3. The molecule has 2 aromatic carbocycles. The van der Waals surface area contributed by atoms with Crippen molar-refractivity contribution in [1.82, 2.24) is 0 Å². The number of ether oxygens (including phenoxy) is 3. The van der Waals surface area contributed by atoms with Crippen LogP contribution >= 0.6 is 0 Å². The molecule has 3 fully saturated rings. The average Bonchev–Trinajstić information content (AvgIpc) is 2.74. The number of halogens is 4. The largest absolute Gasteiger partial charge is 0.453 e. The Balaban J connectivity index is 1.57. The van der Waals surface area contributed by atoms with Gasteiger partial charge in [-0.2, -0.15) is 8.78 Å². The Morgan fingerprint density at radius 2 is 1.62 bits per heavy atom. The van der Waals surface area contributed by atoms with Crippen LogP contribution in [0.25, 0.3) is 11.1 Å². The fraction of sp³-hybridized carbons (Fsp3) is 0.364. The fourth-order valence-corrected chi connectivity index (χ4v) is 3.89. The topological polar surface area (TPSA) is 27.7 Å². The lowest BCUT2D eigenvalue weighted by molar-refractivity contribution is -0.350. The van der Waals surface area contributed by atoms with E-state index in [0.29, 0.717) is 18.8 Å². The summed E-state index contributed by atoms with van der Waals surface area (Å²) in [5, 5.41) is 0. The van der Waals surface area contributed by atoms with Gasteiger partial charge in [0, 0.05) is 17.4 Å². The Bertz CT molecular complexity index is 888. The number of hydrogen-bond donors (Lipinski definition) is 0. The minimum atomic E-state index is -2.19. The highest BCUT2D eigenvalue weighted by Crippen LogP contribution is 2.50. The van der Waals surface area contributed by atoms with Crippen LogP contribution in [0.1, 0.15) is 31.7 Å². The van der Waals surface area contributed by atoms with E-state index < -0.39 is 29.3 Å². The van der Waals surface area contributed by atoms with Gasteiger partial charge in [0.25, 0.3) is 0 Å². The SMILES string of the molecule is CCC12CCC(c3ccc(-c4cc(F)c(OC=C(F)F)c(F)c4)cc3)(OC1)OC2. The van der Waals surface area contributed by atoms with Gasteiger partial charge in [0.1, 0.15) is 0 Å². The zero-order valence-electron chi connectivity index (χ0n) is 15.8. The van der Waals surface area contributed by atoms with Crippen molar-refractivity contribution in [2.24, 2.45) is 5.41 Å². The van der Waals surface area contributed by atoms with Crippen LogP contribution in [0.5, 0.6) is 5.75 Å². The van der Waals surface area contributed by atoms with Gasteiger partial charge in [-0.3, -0.25) is 0 Å². The van der Waals surface area contributed by atoms with Crippen LogP contribution in [-0.4, -0.2) is 13.2 Å². The van der Waals surface area contributed by atoms with E-state index >= 15 is 0 Å². The molecule has 0 saturated carbocycles. The molecule has 2 bridgehead atoms. The number of rotatable bonds is 5. The van der Waals surface area contributed by atoms with E-state index in [0.717, 1.165) is 37.0 Å². The second kappa shape index (κ2) is 7.46. The van der Waals surface area contributed by atoms with Crippen LogP contribution in [-0.2, 0) is 15.3 Å². The summed E-state index contributed by atoms with van der Waals surface area (Å²) >= 11 is 0. The van der Waals surface area contributed by atoms with E-state index in [-0.39, 0.29) is 17.2 Å². The summed E-state index contributed by atoms with van der Waals surface area (Å²) in [6, 6.07) is 9.17. The third kappa shape index (κ3) is 3.65. The van der Waals surface area contributed by atoms with Crippen LogP contribution in [0.4, 0.5) is 17.6 Å². The van der Waals surface area contributed by atoms with Gasteiger partial charge >= 0.3 is 6.08 Å². The summed E-state index contributed by atoms with van der Waals surface area (Å²) in [6.07, 6.45) is 0.600. The molecule has 0 aliphatic carbocycles. The molecular formula is C22H20F4O3. The molecule has 0 aromatic heterocycles. The van der Waals surface area contributed by atoms with E-state index in [9.17, 15) is 17.6 Å². The zero-order valence-corrected chi connectivity index (χ0v) is 15.8. The highest BCUT2D eigenvalue weighted by Gasteiger charge is 2.51. The van der Waals surface area contributed by atoms with Crippen molar-refractivity contribution in [3.63, 3.8) is 0 Å². The van der Waals surface area contributed by atoms with Crippen molar-refractivity contribution in [2.45, 2.75) is 32.0 Å². The predicted octanol–water partition coefficient (Wildman–Crippen LogP) is 6.14. The van der Waals surface area contributed by atoms with E-state index in [1.807, 2.05) is 12.1 Å². The highest BCUT2D eigenvalue weighted by molar-refractivity contribution is 5.65. The number of benzene rings is 2. The summed E-state index contributed by atoms with van der Waals surface area (Å²) < 4.78 is 68.9. The molecule has 3 aliphatic heterocycles. The molecule has 7 heteroatoms. The first-order valence-corrected chi connectivity index (χ1v) is 9.42. The van der Waals surface area contributed by atoms with Crippen LogP contribution in [0, 0.1) is 17.0 Å². The van der Waals surface area contributed by atoms with Crippen molar-refractivity contribution in [1.29, 1.82) is 0 Å². The summed E-state index contributed by atoms with van der Waals surface area (Å²) in [6.45, 7) is 3.44. The van der Waals surface area contributed by atoms with Gasteiger partial charge in [-0.1, -0.05) is 31.2 Å². The Morgan fingerprint density at radius 1 is 1.00 bits per heavy atom. The standard InChI is InChI=1S/C22H20F4O3/c1-2-21-7-8-22(28-12-21,29-13-21)16-5-3-14(4-6-16)15-9-17(23)20(18(24)10-15)27-11-19(25)26/h3-6,9-11H,2,7-8,12-13H2,1H3. The molecule has 3 saturated heterocycles. The lowest BCUT2D eigenvalue weighted by Crippen LogP contribution is -2.53. The summed E-state index contributed by atoms with van der Waals surface area (Å²) in [7, 11) is 0. The summed E-state index contributed by atoms with van der Waals surface area (Å²) in [4.78, 5) is 0. The quantitative estimate of drug-likeness (QED) is 0.439. The Morgan fingerprint density at radius 3 is 2.10 bits per heavy atom. The van der Waals surface area contributed by atoms with Crippen molar-refractivity contribution in [3.8, 4) is 16.9 Å². The average molecular weight is 408 g/mol. The molecule has 2 aromatic rings. The minimum Gasteiger partial charge on any atom is -0.453 e. The minimum absolute atomic E-state index is 0.00314. The second-order valence-corrected chi connectivity index (χ2v) is 7.56. The van der Waals surface area contributed by atoms with Gasteiger partial charge in [0.15, 0.2) is 29.4 Å². The molecule has 0 atom stereocenters. The van der Waals surface area contributed by atoms with E-state index in [4.69, 9.17) is 9.47 Å². The molecule has 0 unspecified atom stereocenters. The van der Waals surface area contributed by atoms with Crippen LogP contribution in [0.3, 0.4) is 0 Å². The van der Waals surface area contributed by atoms with E-state index in [2.05, 4.69) is 11.7 Å². The van der Waals surface area contributed by atoms with Gasteiger partial charge in [-0.25, -0.2) is 8.78 Å². The van der Waals surface area contributed by atoms with Gasteiger partial charge in [-0.05, 0) is 36.1 Å². The molecule has 3 heterocycles. The zero-order chi connectivity index (χ0) is 20.6. The molecule has 0 N–H and O–H groups in total. The lowest BCUT2D eigenvalue weighted by Gasteiger charge is -2.52. The Kier molecular flexibility index (Phi) is 5.12. The highest BCUT2D eigenvalue weighted by atomic mass is 19.3. The molecule has 29 heavy (non-hydrogen) atoms. The first kappa shape index (κ1) is 19.9. The molecule has 3 nitrogen and oxygen atoms in total. The molecule has 0 radical (unpaired) electrons. The normalized spacial score (nSPS) is 25.7. The van der Waals surface area contributed by atoms with Crippen molar-refractivity contribution in [3.05, 3.63) is 65.9 Å². The van der Waals surface area contributed by atoms with Crippen LogP contribution in [0.2, 0.25) is 0 Å². The van der Waals surface area contributed by atoms with Crippen molar-refractivity contribution < 1.29 is 31.8 Å². The Hall–Kier alpha value is -2.38. The van der Waals surface area contributed by atoms with Crippen molar-refractivity contribution in [2.75, 3.05) is 13.2 Å². The van der Waals surface area contributed by atoms with Crippen molar-refractivity contribution >= 4 is 0 Å². The third-order valence-electron chi connectivity index (χ3n) is 5.88. The Labute approximate surface area is 165 Å². The molecule has 154 valence electrons. The van der Waals surface area contributed by atoms with Gasteiger partial charge in [0.2, 0.25) is 0 Å². The van der Waals surface area contributed by atoms with Gasteiger partial charge < -0.3 is 14.2 Å².